The molecule has 1 aliphatic rings. The van der Waals surface area contributed by atoms with Gasteiger partial charge in [0.2, 0.25) is 0 Å². The topological polar surface area (TPSA) is 67.8 Å². The Morgan fingerprint density at radius 3 is 2.43 bits per heavy atom. The van der Waals surface area contributed by atoms with Crippen LogP contribution in [0.1, 0.15) is 0 Å². The van der Waals surface area contributed by atoms with Gasteiger partial charge in [0.05, 0.1) is 6.20 Å². The summed E-state index contributed by atoms with van der Waals surface area (Å²) in [6, 6.07) is 0. The van der Waals surface area contributed by atoms with Crippen molar-refractivity contribution in [3.05, 3.63) is 11.9 Å². The Balaban J connectivity index is 2.60. The third-order valence-electron chi connectivity index (χ3n) is 0.598. The van der Waals surface area contributed by atoms with Crippen LogP contribution in [0.25, 0.3) is 0 Å². The van der Waals surface area contributed by atoms with E-state index >= 15 is 0 Å². The van der Waals surface area contributed by atoms with Gasteiger partial charge in [-0.15, -0.1) is 5.11 Å². The SMILES string of the molecule is NC(=O)C1=CN=N1. The van der Waals surface area contributed by atoms with Crippen molar-refractivity contribution >= 4 is 5.91 Å². The predicted octanol–water partition coefficient (Wildman–Crippen LogP) is -0.221. The number of carbonyl (C=O) groups is 1. The maximum absolute atomic E-state index is 9.98. The Hall–Kier alpha value is -1.19. The molecule has 2 N–H and O–H groups in total. The first-order chi connectivity index (χ1) is 3.30. The molecule has 7 heavy (non-hydrogen) atoms. The highest BCUT2D eigenvalue weighted by atomic mass is 16.1. The number of azo groups is 1. The lowest BCUT2D eigenvalue weighted by Gasteiger charge is -1.94. The summed E-state index contributed by atoms with van der Waals surface area (Å²) in [5.74, 6) is -0.519. The summed E-state index contributed by atoms with van der Waals surface area (Å²) in [6.07, 6.45) is 1.32. The molecule has 0 aromatic carbocycles. The van der Waals surface area contributed by atoms with Crippen LogP contribution >= 0.6 is 0 Å². The largest absolute Gasteiger partial charge is 0.364 e. The van der Waals surface area contributed by atoms with Crippen molar-refractivity contribution in [1.29, 1.82) is 0 Å². The molecule has 1 aliphatic heterocycles. The Bertz CT molecular complexity index is 158. The highest BCUT2D eigenvalue weighted by molar-refractivity contribution is 5.92. The van der Waals surface area contributed by atoms with Crippen LogP contribution in [-0.4, -0.2) is 5.91 Å². The fraction of sp³-hybridized carbons (Fsp3) is 0. The molecule has 1 amide bonds. The summed E-state index contributed by atoms with van der Waals surface area (Å²) in [7, 11) is 0. The van der Waals surface area contributed by atoms with Gasteiger partial charge < -0.3 is 5.73 Å². The lowest BCUT2D eigenvalue weighted by atomic mass is 10.4. The van der Waals surface area contributed by atoms with Crippen LogP contribution in [0.2, 0.25) is 0 Å². The van der Waals surface area contributed by atoms with Gasteiger partial charge in [-0.3, -0.25) is 4.79 Å². The van der Waals surface area contributed by atoms with Gasteiger partial charge in [-0.1, -0.05) is 0 Å². The Morgan fingerprint density at radius 1 is 1.86 bits per heavy atom. The molecule has 0 spiro atoms. The number of primary amides is 1. The van der Waals surface area contributed by atoms with Gasteiger partial charge in [-0.2, -0.15) is 5.11 Å². The van der Waals surface area contributed by atoms with E-state index < -0.39 is 5.91 Å². The van der Waals surface area contributed by atoms with E-state index in [0.717, 1.165) is 0 Å². The highest BCUT2D eigenvalue weighted by Crippen LogP contribution is 2.05. The molecule has 0 saturated heterocycles. The van der Waals surface area contributed by atoms with Crippen molar-refractivity contribution in [3.8, 4) is 0 Å². The summed E-state index contributed by atoms with van der Waals surface area (Å²) in [5, 5.41) is 6.56. The number of hydrogen-bond acceptors (Lipinski definition) is 3. The number of carbonyl (C=O) groups excluding carboxylic acids is 1. The molecule has 0 atom stereocenters. The molecular formula is C3H3N3O. The van der Waals surface area contributed by atoms with Crippen molar-refractivity contribution in [2.24, 2.45) is 16.0 Å². The minimum absolute atomic E-state index is 0.250. The van der Waals surface area contributed by atoms with Crippen LogP contribution in [0.5, 0.6) is 0 Å². The monoisotopic (exact) mass is 97.0 g/mol. The van der Waals surface area contributed by atoms with Crippen LogP contribution in [0, 0.1) is 0 Å². The van der Waals surface area contributed by atoms with Crippen molar-refractivity contribution in [1.82, 2.24) is 0 Å². The minimum atomic E-state index is -0.519. The minimum Gasteiger partial charge on any atom is -0.364 e. The van der Waals surface area contributed by atoms with E-state index in [4.69, 9.17) is 5.73 Å². The van der Waals surface area contributed by atoms with Crippen LogP contribution in [0.4, 0.5) is 0 Å². The van der Waals surface area contributed by atoms with Gasteiger partial charge in [-0.25, -0.2) is 0 Å². The number of nitrogens with zero attached hydrogens (tertiary/aromatic N) is 2. The van der Waals surface area contributed by atoms with E-state index in [1.54, 1.807) is 0 Å². The van der Waals surface area contributed by atoms with E-state index in [0.29, 0.717) is 0 Å². The number of nitrogens with two attached hydrogens (primary N) is 1. The van der Waals surface area contributed by atoms with Crippen LogP contribution in [0.3, 0.4) is 0 Å². The first-order valence-electron chi connectivity index (χ1n) is 1.71. The zero-order chi connectivity index (χ0) is 5.28. The molecule has 0 aliphatic carbocycles. The third-order valence-corrected chi connectivity index (χ3v) is 0.598. The van der Waals surface area contributed by atoms with Crippen molar-refractivity contribution in [3.63, 3.8) is 0 Å². The molecule has 36 valence electrons. The smallest absolute Gasteiger partial charge is 0.270 e. The molecule has 0 aromatic rings. The Labute approximate surface area is 39.7 Å². The second kappa shape index (κ2) is 1.14. The fourth-order valence-corrected chi connectivity index (χ4v) is 0.228. The zero-order valence-electron chi connectivity index (χ0n) is 3.46. The molecular weight excluding hydrogens is 94.1 g/mol. The quantitative estimate of drug-likeness (QED) is 0.482. The van der Waals surface area contributed by atoms with Crippen LogP contribution in [-0.2, 0) is 4.79 Å². The number of hydrogen-bond donors (Lipinski definition) is 1. The number of rotatable bonds is 1. The predicted molar refractivity (Wildman–Crippen MR) is 22.1 cm³/mol. The fourth-order valence-electron chi connectivity index (χ4n) is 0.228. The van der Waals surface area contributed by atoms with Crippen LogP contribution in [0.15, 0.2) is 22.1 Å². The average Bonchev–Trinajstić information content (AvgIpc) is 1.23. The van der Waals surface area contributed by atoms with Crippen molar-refractivity contribution in [2.75, 3.05) is 0 Å². The molecule has 1 heterocycles. The summed E-state index contributed by atoms with van der Waals surface area (Å²) in [5.41, 5.74) is 4.99. The molecule has 0 aromatic heterocycles. The normalized spacial score (nSPS) is 15.1. The van der Waals surface area contributed by atoms with Gasteiger partial charge in [-0.05, 0) is 0 Å². The summed E-state index contributed by atoms with van der Waals surface area (Å²) < 4.78 is 0. The van der Waals surface area contributed by atoms with Gasteiger partial charge in [0.1, 0.15) is 0 Å². The third kappa shape index (κ3) is 0.489. The first-order valence-corrected chi connectivity index (χ1v) is 1.71. The maximum Gasteiger partial charge on any atom is 0.270 e. The lowest BCUT2D eigenvalue weighted by Crippen LogP contribution is -2.13. The number of amides is 1. The second-order valence-electron chi connectivity index (χ2n) is 1.09. The van der Waals surface area contributed by atoms with Crippen LogP contribution < -0.4 is 5.73 Å². The highest BCUT2D eigenvalue weighted by Gasteiger charge is 2.06. The molecule has 0 fully saturated rings. The maximum atomic E-state index is 9.98. The van der Waals surface area contributed by atoms with Gasteiger partial charge >= 0.3 is 0 Å². The lowest BCUT2D eigenvalue weighted by molar-refractivity contribution is -0.114. The summed E-state index contributed by atoms with van der Waals surface area (Å²) in [4.78, 5) is 9.98. The van der Waals surface area contributed by atoms with Crippen molar-refractivity contribution < 1.29 is 4.79 Å². The molecule has 0 saturated carbocycles. The van der Waals surface area contributed by atoms with Gasteiger partial charge in [0, 0.05) is 0 Å². The van der Waals surface area contributed by atoms with E-state index in [1.165, 1.54) is 6.20 Å². The summed E-state index contributed by atoms with van der Waals surface area (Å²) >= 11 is 0. The molecule has 0 unspecified atom stereocenters. The standard InChI is InChI=1S/C3H3N3O/c4-3(7)2-1-5-6-2/h1H,(H2,4,7). The van der Waals surface area contributed by atoms with Gasteiger partial charge in [0.15, 0.2) is 5.70 Å². The van der Waals surface area contributed by atoms with E-state index in [2.05, 4.69) is 10.2 Å². The molecule has 4 nitrogen and oxygen atoms in total. The average molecular weight is 97.1 g/mol. The van der Waals surface area contributed by atoms with E-state index in [-0.39, 0.29) is 5.70 Å². The summed E-state index contributed by atoms with van der Waals surface area (Å²) in [6.45, 7) is 0. The molecule has 1 rings (SSSR count). The zero-order valence-corrected chi connectivity index (χ0v) is 3.46. The Morgan fingerprint density at radius 2 is 2.43 bits per heavy atom. The molecule has 0 radical (unpaired) electrons. The molecule has 4 heteroatoms. The van der Waals surface area contributed by atoms with Gasteiger partial charge in [0.25, 0.3) is 5.91 Å². The molecule has 0 bridgehead atoms. The first kappa shape index (κ1) is 3.98. The van der Waals surface area contributed by atoms with Crippen molar-refractivity contribution in [2.45, 2.75) is 0 Å². The Kier molecular flexibility index (Phi) is 0.651. The van der Waals surface area contributed by atoms with E-state index in [9.17, 15) is 4.79 Å². The van der Waals surface area contributed by atoms with E-state index in [1.807, 2.05) is 0 Å². The second-order valence-corrected chi connectivity index (χ2v) is 1.09.